The van der Waals surface area contributed by atoms with E-state index in [4.69, 9.17) is 11.6 Å². The Balaban J connectivity index is 1.88. The van der Waals surface area contributed by atoms with E-state index in [2.05, 4.69) is 12.2 Å². The standard InChI is InChI=1S/C15H22ClNO/c1-11(12-6-3-2-4-7-12)17-10-13-8-5-9-14(16)15(13)18/h5,8-9,11-12,17-18H,2-4,6-7,10H2,1H3. The quantitative estimate of drug-likeness (QED) is 0.861. The van der Waals surface area contributed by atoms with Gasteiger partial charge >= 0.3 is 0 Å². The molecule has 0 radical (unpaired) electrons. The molecule has 2 N–H and O–H groups in total. The molecule has 1 atom stereocenters. The van der Waals surface area contributed by atoms with Gasteiger partial charge in [-0.25, -0.2) is 0 Å². The average Bonchev–Trinajstić information content (AvgIpc) is 2.41. The summed E-state index contributed by atoms with van der Waals surface area (Å²) in [5.74, 6) is 0.989. The summed E-state index contributed by atoms with van der Waals surface area (Å²) < 4.78 is 0. The third-order valence-corrected chi connectivity index (χ3v) is 4.35. The highest BCUT2D eigenvalue weighted by Gasteiger charge is 2.19. The van der Waals surface area contributed by atoms with Crippen LogP contribution in [0, 0.1) is 5.92 Å². The first-order valence-electron chi connectivity index (χ1n) is 6.88. The van der Waals surface area contributed by atoms with E-state index in [0.29, 0.717) is 17.6 Å². The maximum Gasteiger partial charge on any atom is 0.138 e. The molecule has 0 heterocycles. The van der Waals surface area contributed by atoms with Gasteiger partial charge in [0, 0.05) is 18.2 Å². The lowest BCUT2D eigenvalue weighted by atomic mass is 9.84. The number of nitrogens with one attached hydrogen (secondary N) is 1. The molecule has 2 rings (SSSR count). The van der Waals surface area contributed by atoms with Gasteiger partial charge < -0.3 is 10.4 Å². The van der Waals surface area contributed by atoms with Gasteiger partial charge in [0.25, 0.3) is 0 Å². The van der Waals surface area contributed by atoms with E-state index in [9.17, 15) is 5.11 Å². The second kappa shape index (κ2) is 6.44. The lowest BCUT2D eigenvalue weighted by molar-refractivity contribution is 0.280. The number of para-hydroxylation sites is 1. The van der Waals surface area contributed by atoms with Crippen LogP contribution in [0.3, 0.4) is 0 Å². The third kappa shape index (κ3) is 3.39. The number of phenolic OH excluding ortho intramolecular Hbond substituents is 1. The summed E-state index contributed by atoms with van der Waals surface area (Å²) in [6, 6.07) is 6.01. The van der Waals surface area contributed by atoms with Crippen LogP contribution in [0.2, 0.25) is 5.02 Å². The predicted molar refractivity (Wildman–Crippen MR) is 76.0 cm³/mol. The minimum Gasteiger partial charge on any atom is -0.506 e. The van der Waals surface area contributed by atoms with Crippen molar-refractivity contribution < 1.29 is 5.11 Å². The monoisotopic (exact) mass is 267 g/mol. The first kappa shape index (κ1) is 13.7. The fourth-order valence-electron chi connectivity index (χ4n) is 2.77. The van der Waals surface area contributed by atoms with Crippen molar-refractivity contribution in [1.82, 2.24) is 5.32 Å². The number of halogens is 1. The Hall–Kier alpha value is -0.730. The van der Waals surface area contributed by atoms with Crippen LogP contribution < -0.4 is 5.32 Å². The molecule has 1 unspecified atom stereocenters. The molecule has 0 aliphatic heterocycles. The summed E-state index contributed by atoms with van der Waals surface area (Å²) in [7, 11) is 0. The normalized spacial score (nSPS) is 18.8. The molecule has 1 saturated carbocycles. The van der Waals surface area contributed by atoms with Gasteiger partial charge in [-0.15, -0.1) is 0 Å². The summed E-state index contributed by atoms with van der Waals surface area (Å²) in [6.07, 6.45) is 6.77. The SMILES string of the molecule is CC(NCc1cccc(Cl)c1O)C1CCCCC1. The molecule has 3 heteroatoms. The molecule has 1 aromatic rings. The summed E-state index contributed by atoms with van der Waals surface area (Å²) in [5, 5.41) is 13.8. The van der Waals surface area contributed by atoms with Gasteiger partial charge in [0.15, 0.2) is 0 Å². The number of phenols is 1. The molecular formula is C15H22ClNO. The van der Waals surface area contributed by atoms with Gasteiger partial charge in [-0.1, -0.05) is 43.0 Å². The van der Waals surface area contributed by atoms with E-state index in [-0.39, 0.29) is 5.75 Å². The van der Waals surface area contributed by atoms with E-state index >= 15 is 0 Å². The zero-order valence-electron chi connectivity index (χ0n) is 11.0. The Morgan fingerprint density at radius 1 is 1.33 bits per heavy atom. The average molecular weight is 268 g/mol. The second-order valence-corrected chi connectivity index (χ2v) is 5.72. The molecule has 1 fully saturated rings. The van der Waals surface area contributed by atoms with E-state index < -0.39 is 0 Å². The smallest absolute Gasteiger partial charge is 0.138 e. The van der Waals surface area contributed by atoms with Gasteiger partial charge in [-0.05, 0) is 31.7 Å². The van der Waals surface area contributed by atoms with Crippen molar-refractivity contribution in [1.29, 1.82) is 0 Å². The summed E-state index contributed by atoms with van der Waals surface area (Å²) >= 11 is 5.90. The zero-order chi connectivity index (χ0) is 13.0. The number of aromatic hydroxyl groups is 1. The lowest BCUT2D eigenvalue weighted by Crippen LogP contribution is -2.34. The Morgan fingerprint density at radius 3 is 2.78 bits per heavy atom. The van der Waals surface area contributed by atoms with Crippen molar-refractivity contribution in [2.45, 2.75) is 51.6 Å². The molecule has 1 aliphatic rings. The van der Waals surface area contributed by atoms with Crippen LogP contribution in [0.5, 0.6) is 5.75 Å². The summed E-state index contributed by atoms with van der Waals surface area (Å²) in [5.41, 5.74) is 0.880. The molecule has 2 nitrogen and oxygen atoms in total. The third-order valence-electron chi connectivity index (χ3n) is 4.04. The van der Waals surface area contributed by atoms with Crippen LogP contribution in [-0.4, -0.2) is 11.1 Å². The molecular weight excluding hydrogens is 246 g/mol. The molecule has 0 aromatic heterocycles. The highest BCUT2D eigenvalue weighted by Crippen LogP contribution is 2.28. The highest BCUT2D eigenvalue weighted by atomic mass is 35.5. The number of hydrogen-bond donors (Lipinski definition) is 2. The van der Waals surface area contributed by atoms with Crippen molar-refractivity contribution >= 4 is 11.6 Å². The van der Waals surface area contributed by atoms with E-state index in [1.54, 1.807) is 6.07 Å². The molecule has 0 amide bonds. The van der Waals surface area contributed by atoms with Crippen LogP contribution in [0.25, 0.3) is 0 Å². The molecule has 0 saturated heterocycles. The highest BCUT2D eigenvalue weighted by molar-refractivity contribution is 6.32. The Labute approximate surface area is 114 Å². The van der Waals surface area contributed by atoms with E-state index in [1.165, 1.54) is 32.1 Å². The Kier molecular flexibility index (Phi) is 4.90. The van der Waals surface area contributed by atoms with Crippen molar-refractivity contribution in [3.05, 3.63) is 28.8 Å². The van der Waals surface area contributed by atoms with Crippen LogP contribution in [0.1, 0.15) is 44.6 Å². The summed E-state index contributed by atoms with van der Waals surface area (Å²) in [4.78, 5) is 0. The van der Waals surface area contributed by atoms with E-state index in [0.717, 1.165) is 11.5 Å². The number of hydrogen-bond acceptors (Lipinski definition) is 2. The van der Waals surface area contributed by atoms with E-state index in [1.807, 2.05) is 12.1 Å². The van der Waals surface area contributed by atoms with Gasteiger partial charge in [0.1, 0.15) is 5.75 Å². The molecule has 0 bridgehead atoms. The first-order valence-corrected chi connectivity index (χ1v) is 7.26. The number of benzene rings is 1. The lowest BCUT2D eigenvalue weighted by Gasteiger charge is -2.28. The molecule has 100 valence electrons. The second-order valence-electron chi connectivity index (χ2n) is 5.32. The van der Waals surface area contributed by atoms with Crippen LogP contribution >= 0.6 is 11.6 Å². The molecule has 0 spiro atoms. The van der Waals surface area contributed by atoms with Crippen molar-refractivity contribution in [3.8, 4) is 5.75 Å². The summed E-state index contributed by atoms with van der Waals surface area (Å²) in [6.45, 7) is 2.93. The topological polar surface area (TPSA) is 32.3 Å². The van der Waals surface area contributed by atoms with Gasteiger partial charge in [-0.3, -0.25) is 0 Å². The van der Waals surface area contributed by atoms with Crippen molar-refractivity contribution in [2.24, 2.45) is 5.92 Å². The molecule has 1 aliphatic carbocycles. The number of rotatable bonds is 4. The largest absolute Gasteiger partial charge is 0.506 e. The van der Waals surface area contributed by atoms with Gasteiger partial charge in [0.2, 0.25) is 0 Å². The minimum absolute atomic E-state index is 0.211. The van der Waals surface area contributed by atoms with Gasteiger partial charge in [0.05, 0.1) is 5.02 Å². The first-order chi connectivity index (χ1) is 8.68. The van der Waals surface area contributed by atoms with Crippen molar-refractivity contribution in [3.63, 3.8) is 0 Å². The van der Waals surface area contributed by atoms with Crippen molar-refractivity contribution in [2.75, 3.05) is 0 Å². The molecule has 1 aromatic carbocycles. The maximum absolute atomic E-state index is 9.85. The fourth-order valence-corrected chi connectivity index (χ4v) is 2.97. The fraction of sp³-hybridized carbons (Fsp3) is 0.600. The Morgan fingerprint density at radius 2 is 2.06 bits per heavy atom. The van der Waals surface area contributed by atoms with Gasteiger partial charge in [-0.2, -0.15) is 0 Å². The zero-order valence-corrected chi connectivity index (χ0v) is 11.7. The minimum atomic E-state index is 0.211. The predicted octanol–water partition coefficient (Wildman–Crippen LogP) is 4.10. The van der Waals surface area contributed by atoms with Crippen LogP contribution in [-0.2, 0) is 6.54 Å². The maximum atomic E-state index is 9.85. The molecule has 18 heavy (non-hydrogen) atoms. The van der Waals surface area contributed by atoms with Crippen LogP contribution in [0.4, 0.5) is 0 Å². The Bertz CT molecular complexity index is 388. The van der Waals surface area contributed by atoms with Crippen LogP contribution in [0.15, 0.2) is 18.2 Å².